The van der Waals surface area contributed by atoms with Crippen molar-refractivity contribution in [2.45, 2.75) is 19.4 Å². The Morgan fingerprint density at radius 1 is 1.27 bits per heavy atom. The molecule has 0 fully saturated rings. The van der Waals surface area contributed by atoms with Crippen molar-refractivity contribution >= 4 is 23.5 Å². The molecule has 1 heterocycles. The maximum Gasteiger partial charge on any atom is 0.228 e. The third kappa shape index (κ3) is 4.26. The Hall–Kier alpha value is -1.14. The standard InChI is InChI=1S/C8H14ClN5O/c1-8(2,15)4-11-7-13-5(9)12-6(10-3)14-7/h15H,4H2,1-3H3,(H2,10,11,12,13,14). The van der Waals surface area contributed by atoms with Gasteiger partial charge in [-0.25, -0.2) is 0 Å². The third-order valence-corrected chi connectivity index (χ3v) is 1.68. The number of hydrogen-bond acceptors (Lipinski definition) is 6. The summed E-state index contributed by atoms with van der Waals surface area (Å²) in [6, 6.07) is 0. The van der Waals surface area contributed by atoms with E-state index >= 15 is 0 Å². The lowest BCUT2D eigenvalue weighted by atomic mass is 10.1. The first-order chi connectivity index (χ1) is 6.90. The third-order valence-electron chi connectivity index (χ3n) is 1.51. The van der Waals surface area contributed by atoms with Crippen molar-refractivity contribution < 1.29 is 5.11 Å². The van der Waals surface area contributed by atoms with Gasteiger partial charge in [0.2, 0.25) is 17.2 Å². The van der Waals surface area contributed by atoms with Crippen LogP contribution in [-0.4, -0.2) is 39.3 Å². The van der Waals surface area contributed by atoms with Gasteiger partial charge in [0, 0.05) is 13.6 Å². The van der Waals surface area contributed by atoms with E-state index < -0.39 is 5.60 Å². The molecule has 0 aromatic carbocycles. The fourth-order valence-corrected chi connectivity index (χ4v) is 0.996. The van der Waals surface area contributed by atoms with E-state index in [0.29, 0.717) is 18.4 Å². The van der Waals surface area contributed by atoms with E-state index in [9.17, 15) is 5.11 Å². The number of nitrogens with zero attached hydrogens (tertiary/aromatic N) is 3. The average Bonchev–Trinajstić information content (AvgIpc) is 2.13. The number of hydrogen-bond donors (Lipinski definition) is 3. The SMILES string of the molecule is CNc1nc(Cl)nc(NCC(C)(C)O)n1. The quantitative estimate of drug-likeness (QED) is 0.709. The smallest absolute Gasteiger partial charge is 0.228 e. The summed E-state index contributed by atoms with van der Waals surface area (Å²) in [4.78, 5) is 11.7. The predicted molar refractivity (Wildman–Crippen MR) is 59.2 cm³/mol. The normalized spacial score (nSPS) is 11.3. The summed E-state index contributed by atoms with van der Waals surface area (Å²) in [6.07, 6.45) is 0. The van der Waals surface area contributed by atoms with E-state index in [1.807, 2.05) is 0 Å². The molecule has 0 aliphatic carbocycles. The molecule has 0 unspecified atom stereocenters. The summed E-state index contributed by atoms with van der Waals surface area (Å²) in [6.45, 7) is 3.69. The van der Waals surface area contributed by atoms with E-state index in [4.69, 9.17) is 11.6 Å². The topological polar surface area (TPSA) is 83.0 Å². The fourth-order valence-electron chi connectivity index (χ4n) is 0.836. The molecule has 3 N–H and O–H groups in total. The highest BCUT2D eigenvalue weighted by Crippen LogP contribution is 2.10. The Labute approximate surface area is 93.1 Å². The van der Waals surface area contributed by atoms with Crippen LogP contribution >= 0.6 is 11.6 Å². The van der Waals surface area contributed by atoms with Gasteiger partial charge in [-0.3, -0.25) is 0 Å². The molecule has 0 aliphatic heterocycles. The molecule has 0 atom stereocenters. The Balaban J connectivity index is 2.73. The van der Waals surface area contributed by atoms with Crippen LogP contribution in [0.1, 0.15) is 13.8 Å². The van der Waals surface area contributed by atoms with Gasteiger partial charge < -0.3 is 15.7 Å². The number of nitrogens with one attached hydrogen (secondary N) is 2. The van der Waals surface area contributed by atoms with Crippen LogP contribution < -0.4 is 10.6 Å². The van der Waals surface area contributed by atoms with Crippen molar-refractivity contribution in [3.8, 4) is 0 Å². The maximum atomic E-state index is 9.49. The van der Waals surface area contributed by atoms with Crippen LogP contribution in [0.2, 0.25) is 5.28 Å². The molecule has 0 aliphatic rings. The molecule has 1 aromatic heterocycles. The van der Waals surface area contributed by atoms with E-state index in [2.05, 4.69) is 25.6 Å². The molecule has 7 heteroatoms. The first-order valence-electron chi connectivity index (χ1n) is 4.46. The molecule has 0 saturated carbocycles. The molecule has 1 rings (SSSR count). The second kappa shape index (κ2) is 4.59. The van der Waals surface area contributed by atoms with Gasteiger partial charge in [0.1, 0.15) is 0 Å². The zero-order valence-electron chi connectivity index (χ0n) is 8.87. The Morgan fingerprint density at radius 2 is 1.87 bits per heavy atom. The van der Waals surface area contributed by atoms with Crippen LogP contribution in [0.15, 0.2) is 0 Å². The lowest BCUT2D eigenvalue weighted by Gasteiger charge is -2.17. The van der Waals surface area contributed by atoms with Crippen LogP contribution in [0.5, 0.6) is 0 Å². The minimum atomic E-state index is -0.834. The highest BCUT2D eigenvalue weighted by molar-refractivity contribution is 6.28. The maximum absolute atomic E-state index is 9.49. The van der Waals surface area contributed by atoms with Gasteiger partial charge in [0.05, 0.1) is 5.60 Å². The van der Waals surface area contributed by atoms with Crippen molar-refractivity contribution in [3.05, 3.63) is 5.28 Å². The van der Waals surface area contributed by atoms with E-state index in [-0.39, 0.29) is 5.28 Å². The molecule has 6 nitrogen and oxygen atoms in total. The molecule has 0 bridgehead atoms. The van der Waals surface area contributed by atoms with Crippen LogP contribution in [0.4, 0.5) is 11.9 Å². The van der Waals surface area contributed by atoms with Crippen molar-refractivity contribution in [2.24, 2.45) is 0 Å². The molecule has 0 spiro atoms. The lowest BCUT2D eigenvalue weighted by Crippen LogP contribution is -2.30. The van der Waals surface area contributed by atoms with Gasteiger partial charge in [0.25, 0.3) is 0 Å². The van der Waals surface area contributed by atoms with Gasteiger partial charge in [-0.1, -0.05) is 0 Å². The molecule has 0 radical (unpaired) electrons. The van der Waals surface area contributed by atoms with Crippen LogP contribution in [0.25, 0.3) is 0 Å². The van der Waals surface area contributed by atoms with Gasteiger partial charge in [0.15, 0.2) is 0 Å². The number of rotatable bonds is 4. The summed E-state index contributed by atoms with van der Waals surface area (Å²) >= 11 is 5.67. The number of aromatic nitrogens is 3. The van der Waals surface area contributed by atoms with Crippen molar-refractivity contribution in [2.75, 3.05) is 24.2 Å². The minimum absolute atomic E-state index is 0.104. The first-order valence-corrected chi connectivity index (χ1v) is 4.84. The van der Waals surface area contributed by atoms with Gasteiger partial charge in [-0.2, -0.15) is 15.0 Å². The fraction of sp³-hybridized carbons (Fsp3) is 0.625. The summed E-state index contributed by atoms with van der Waals surface area (Å²) < 4.78 is 0. The molecule has 15 heavy (non-hydrogen) atoms. The molecule has 84 valence electrons. The first kappa shape index (κ1) is 11.9. The summed E-state index contributed by atoms with van der Waals surface area (Å²) in [5.41, 5.74) is -0.834. The minimum Gasteiger partial charge on any atom is -0.389 e. The largest absolute Gasteiger partial charge is 0.389 e. The molecular weight excluding hydrogens is 218 g/mol. The Bertz CT molecular complexity index is 338. The monoisotopic (exact) mass is 231 g/mol. The molecule has 0 amide bonds. The summed E-state index contributed by atoms with van der Waals surface area (Å²) in [7, 11) is 1.69. The highest BCUT2D eigenvalue weighted by Gasteiger charge is 2.13. The molecular formula is C8H14ClN5O. The Morgan fingerprint density at radius 3 is 2.40 bits per heavy atom. The van der Waals surface area contributed by atoms with Crippen LogP contribution in [0, 0.1) is 0 Å². The van der Waals surface area contributed by atoms with E-state index in [1.54, 1.807) is 20.9 Å². The number of halogens is 1. The Kier molecular flexibility index (Phi) is 3.65. The molecule has 1 aromatic rings. The lowest BCUT2D eigenvalue weighted by molar-refractivity contribution is 0.0943. The van der Waals surface area contributed by atoms with E-state index in [0.717, 1.165) is 0 Å². The van der Waals surface area contributed by atoms with Crippen molar-refractivity contribution in [1.29, 1.82) is 0 Å². The average molecular weight is 232 g/mol. The predicted octanol–water partition coefficient (Wildman–Crippen LogP) is 0.749. The number of anilines is 2. The summed E-state index contributed by atoms with van der Waals surface area (Å²) in [5, 5.41) is 15.2. The summed E-state index contributed by atoms with van der Waals surface area (Å²) in [5.74, 6) is 0.717. The molecule has 0 saturated heterocycles. The van der Waals surface area contributed by atoms with Gasteiger partial charge in [-0.05, 0) is 25.4 Å². The van der Waals surface area contributed by atoms with Gasteiger partial charge in [-0.15, -0.1) is 0 Å². The second-order valence-corrected chi connectivity index (χ2v) is 4.01. The zero-order valence-corrected chi connectivity index (χ0v) is 9.63. The zero-order chi connectivity index (χ0) is 11.5. The van der Waals surface area contributed by atoms with Gasteiger partial charge >= 0.3 is 0 Å². The van der Waals surface area contributed by atoms with Crippen LogP contribution in [-0.2, 0) is 0 Å². The number of aliphatic hydroxyl groups is 1. The van der Waals surface area contributed by atoms with Crippen molar-refractivity contribution in [1.82, 2.24) is 15.0 Å². The van der Waals surface area contributed by atoms with Crippen LogP contribution in [0.3, 0.4) is 0 Å². The second-order valence-electron chi connectivity index (χ2n) is 3.67. The highest BCUT2D eigenvalue weighted by atomic mass is 35.5. The van der Waals surface area contributed by atoms with E-state index in [1.165, 1.54) is 0 Å². The van der Waals surface area contributed by atoms with Crippen molar-refractivity contribution in [3.63, 3.8) is 0 Å².